The van der Waals surface area contributed by atoms with Crippen LogP contribution in [0.5, 0.6) is 0 Å². The minimum Gasteiger partial charge on any atom is -0.444 e. The number of ether oxygens (including phenoxy) is 1. The number of pyridine rings is 1. The number of rotatable bonds is 5. The van der Waals surface area contributed by atoms with E-state index in [1.165, 1.54) is 16.7 Å². The molecule has 0 saturated heterocycles. The number of carbonyl (C=O) groups excluding carboxylic acids is 2. The van der Waals surface area contributed by atoms with Gasteiger partial charge in [0.1, 0.15) is 17.5 Å². The van der Waals surface area contributed by atoms with Crippen molar-refractivity contribution < 1.29 is 18.7 Å². The fourth-order valence-electron chi connectivity index (χ4n) is 4.50. The maximum atomic E-state index is 15.1. The van der Waals surface area contributed by atoms with Crippen LogP contribution in [0.25, 0.3) is 11.1 Å². The van der Waals surface area contributed by atoms with Crippen LogP contribution in [0.4, 0.5) is 14.9 Å². The van der Waals surface area contributed by atoms with E-state index in [2.05, 4.69) is 17.6 Å². The Morgan fingerprint density at radius 2 is 1.71 bits per heavy atom. The molecule has 2 aromatic rings. The number of hydrogen-bond donors (Lipinski definition) is 2. The van der Waals surface area contributed by atoms with Crippen molar-refractivity contribution in [3.63, 3.8) is 0 Å². The number of hydrogen-bond acceptors (Lipinski definition) is 4. The lowest BCUT2D eigenvalue weighted by Crippen LogP contribution is -2.50. The van der Waals surface area contributed by atoms with E-state index >= 15 is 4.39 Å². The molecule has 0 aliphatic heterocycles. The lowest BCUT2D eigenvalue weighted by Gasteiger charge is -2.33. The summed E-state index contributed by atoms with van der Waals surface area (Å²) in [7, 11) is 1.64. The third kappa shape index (κ3) is 6.71. The zero-order chi connectivity index (χ0) is 25.9. The third-order valence-corrected chi connectivity index (χ3v) is 6.63. The second kappa shape index (κ2) is 10.6. The molecular weight excluding hydrogens is 449 g/mol. The molecule has 1 aromatic carbocycles. The highest BCUT2D eigenvalue weighted by molar-refractivity contribution is 5.97. The number of carbonyl (C=O) groups is 2. The van der Waals surface area contributed by atoms with Gasteiger partial charge in [-0.05, 0) is 76.6 Å². The molecule has 1 saturated carbocycles. The van der Waals surface area contributed by atoms with Gasteiger partial charge in [-0.2, -0.15) is 0 Å². The molecule has 3 rings (SSSR count). The van der Waals surface area contributed by atoms with Gasteiger partial charge in [-0.3, -0.25) is 9.59 Å². The Bertz CT molecular complexity index is 1140. The summed E-state index contributed by atoms with van der Waals surface area (Å²) in [6, 6.07) is 6.66. The van der Waals surface area contributed by atoms with Gasteiger partial charge in [0.05, 0.1) is 0 Å². The number of nitrogens with one attached hydrogen (secondary N) is 2. The fraction of sp³-hybridized carbons (Fsp3) is 0.519. The zero-order valence-electron chi connectivity index (χ0n) is 21.4. The quantitative estimate of drug-likeness (QED) is 0.612. The summed E-state index contributed by atoms with van der Waals surface area (Å²) in [5.74, 6) is -0.372. The first-order valence-corrected chi connectivity index (χ1v) is 12.1. The van der Waals surface area contributed by atoms with Crippen LogP contribution < -0.4 is 16.2 Å². The molecule has 1 aliphatic carbocycles. The van der Waals surface area contributed by atoms with Gasteiger partial charge in [0.15, 0.2) is 0 Å². The molecule has 1 aromatic heterocycles. The van der Waals surface area contributed by atoms with Gasteiger partial charge in [-0.15, -0.1) is 0 Å². The Labute approximate surface area is 206 Å². The molecule has 1 aliphatic rings. The standard InChI is InChI=1S/C27H36FN3O4/c1-16-7-9-18(10-8-16)24(30-26(34)35-27(3,4)5)25(33)29-19-11-12-21(22(28)15-19)20-13-14-23(32)31(6)17(20)2/h11-16,18,24H,7-10H2,1-6H3,(H,29,33)(H,30,34)/t16?,18?,24-/m0/s1. The lowest BCUT2D eigenvalue weighted by atomic mass is 9.79. The van der Waals surface area contributed by atoms with Crippen LogP contribution in [0.3, 0.4) is 0 Å². The smallest absolute Gasteiger partial charge is 0.408 e. The number of anilines is 1. The molecule has 35 heavy (non-hydrogen) atoms. The van der Waals surface area contributed by atoms with Crippen molar-refractivity contribution in [3.8, 4) is 11.1 Å². The predicted molar refractivity (Wildman–Crippen MR) is 135 cm³/mol. The predicted octanol–water partition coefficient (Wildman–Crippen LogP) is 5.16. The second-order valence-electron chi connectivity index (χ2n) is 10.6. The van der Waals surface area contributed by atoms with Crippen molar-refractivity contribution in [2.75, 3.05) is 5.32 Å². The molecule has 1 atom stereocenters. The van der Waals surface area contributed by atoms with E-state index in [1.54, 1.807) is 52.9 Å². The van der Waals surface area contributed by atoms with Crippen molar-refractivity contribution in [1.29, 1.82) is 0 Å². The van der Waals surface area contributed by atoms with Gasteiger partial charge >= 0.3 is 6.09 Å². The molecule has 0 radical (unpaired) electrons. The summed E-state index contributed by atoms with van der Waals surface area (Å²) >= 11 is 0. The van der Waals surface area contributed by atoms with E-state index in [-0.39, 0.29) is 11.5 Å². The van der Waals surface area contributed by atoms with Crippen LogP contribution in [-0.2, 0) is 16.6 Å². The summed E-state index contributed by atoms with van der Waals surface area (Å²) < 4.78 is 21.9. The minimum absolute atomic E-state index is 0.0314. The first kappa shape index (κ1) is 26.4. The Morgan fingerprint density at radius 3 is 2.31 bits per heavy atom. The highest BCUT2D eigenvalue weighted by atomic mass is 19.1. The summed E-state index contributed by atoms with van der Waals surface area (Å²) in [5, 5.41) is 5.52. The zero-order valence-corrected chi connectivity index (χ0v) is 21.4. The number of halogens is 1. The highest BCUT2D eigenvalue weighted by Gasteiger charge is 2.34. The normalized spacial score (nSPS) is 19.1. The number of alkyl carbamates (subject to hydrolysis) is 1. The summed E-state index contributed by atoms with van der Waals surface area (Å²) in [6.07, 6.45) is 2.94. The number of benzene rings is 1. The van der Waals surface area contributed by atoms with Gasteiger partial charge < -0.3 is 19.9 Å². The van der Waals surface area contributed by atoms with Crippen LogP contribution in [0.15, 0.2) is 35.1 Å². The summed E-state index contributed by atoms with van der Waals surface area (Å²) in [5.41, 5.74) is 1.00. The van der Waals surface area contributed by atoms with Gasteiger partial charge in [0, 0.05) is 35.6 Å². The average Bonchev–Trinajstić information content (AvgIpc) is 2.76. The Kier molecular flexibility index (Phi) is 8.03. The summed E-state index contributed by atoms with van der Waals surface area (Å²) in [6.45, 7) is 9.23. The Morgan fingerprint density at radius 1 is 1.09 bits per heavy atom. The van der Waals surface area contributed by atoms with E-state index in [0.717, 1.165) is 25.7 Å². The first-order valence-electron chi connectivity index (χ1n) is 12.1. The van der Waals surface area contributed by atoms with E-state index in [0.29, 0.717) is 28.4 Å². The van der Waals surface area contributed by atoms with E-state index < -0.39 is 29.5 Å². The Hall–Kier alpha value is -3.16. The van der Waals surface area contributed by atoms with Crippen molar-refractivity contribution in [2.45, 2.75) is 71.9 Å². The number of amides is 2. The van der Waals surface area contributed by atoms with Crippen LogP contribution in [0, 0.1) is 24.6 Å². The number of nitrogens with zero attached hydrogens (tertiary/aromatic N) is 1. The molecule has 7 nitrogen and oxygen atoms in total. The monoisotopic (exact) mass is 485 g/mol. The number of aromatic nitrogens is 1. The van der Waals surface area contributed by atoms with Crippen LogP contribution in [-0.4, -0.2) is 28.2 Å². The van der Waals surface area contributed by atoms with Crippen molar-refractivity contribution >= 4 is 17.7 Å². The van der Waals surface area contributed by atoms with Crippen LogP contribution in [0.2, 0.25) is 0 Å². The van der Waals surface area contributed by atoms with E-state index in [1.807, 2.05) is 0 Å². The van der Waals surface area contributed by atoms with Crippen molar-refractivity contribution in [2.24, 2.45) is 18.9 Å². The molecule has 1 fully saturated rings. The highest BCUT2D eigenvalue weighted by Crippen LogP contribution is 2.32. The van der Waals surface area contributed by atoms with Gasteiger partial charge in [-0.1, -0.05) is 19.8 Å². The lowest BCUT2D eigenvalue weighted by molar-refractivity contribution is -0.119. The maximum Gasteiger partial charge on any atom is 0.408 e. The van der Waals surface area contributed by atoms with E-state index in [4.69, 9.17) is 4.74 Å². The largest absolute Gasteiger partial charge is 0.444 e. The minimum atomic E-state index is -0.786. The van der Waals surface area contributed by atoms with Crippen LogP contribution >= 0.6 is 0 Å². The van der Waals surface area contributed by atoms with Crippen LogP contribution in [0.1, 0.15) is 59.1 Å². The average molecular weight is 486 g/mol. The van der Waals surface area contributed by atoms with Gasteiger partial charge in [-0.25, -0.2) is 9.18 Å². The first-order chi connectivity index (χ1) is 16.4. The molecule has 1 heterocycles. The molecule has 2 amide bonds. The third-order valence-electron chi connectivity index (χ3n) is 6.63. The molecule has 2 N–H and O–H groups in total. The van der Waals surface area contributed by atoms with Gasteiger partial charge in [0.25, 0.3) is 0 Å². The summed E-state index contributed by atoms with van der Waals surface area (Å²) in [4.78, 5) is 37.6. The molecule has 0 spiro atoms. The van der Waals surface area contributed by atoms with Crippen molar-refractivity contribution in [3.05, 3.63) is 52.2 Å². The molecular formula is C27H36FN3O4. The molecule has 8 heteroatoms. The molecule has 190 valence electrons. The SMILES string of the molecule is Cc1c(-c2ccc(NC(=O)[C@@H](NC(=O)OC(C)(C)C)C3CCC(C)CC3)cc2F)ccc(=O)n1C. The topological polar surface area (TPSA) is 89.4 Å². The van der Waals surface area contributed by atoms with Crippen molar-refractivity contribution in [1.82, 2.24) is 9.88 Å². The molecule has 0 bridgehead atoms. The second-order valence-corrected chi connectivity index (χ2v) is 10.6. The maximum absolute atomic E-state index is 15.1. The Balaban J connectivity index is 1.81. The van der Waals surface area contributed by atoms with E-state index in [9.17, 15) is 14.4 Å². The fourth-order valence-corrected chi connectivity index (χ4v) is 4.50. The molecule has 0 unspecified atom stereocenters. The van der Waals surface area contributed by atoms with Gasteiger partial charge in [0.2, 0.25) is 11.5 Å².